The van der Waals surface area contributed by atoms with Gasteiger partial charge in [0, 0.05) is 17.0 Å². The Bertz CT molecular complexity index is 702. The average Bonchev–Trinajstić information content (AvgIpc) is 2.55. The lowest BCUT2D eigenvalue weighted by molar-refractivity contribution is -0.132. The molecule has 2 N–H and O–H groups in total. The predicted molar refractivity (Wildman–Crippen MR) is 81.8 cm³/mol. The number of aliphatic hydroxyl groups is 2. The molecular formula is C18H17NO3. The van der Waals surface area contributed by atoms with Crippen LogP contribution in [0, 0.1) is 11.3 Å². The van der Waals surface area contributed by atoms with E-state index in [9.17, 15) is 15.0 Å². The minimum absolute atomic E-state index is 0.159. The van der Waals surface area contributed by atoms with Crippen molar-refractivity contribution >= 4 is 5.78 Å². The summed E-state index contributed by atoms with van der Waals surface area (Å²) in [5.74, 6) is -2.79. The van der Waals surface area contributed by atoms with Gasteiger partial charge in [-0.3, -0.25) is 4.79 Å². The van der Waals surface area contributed by atoms with Crippen molar-refractivity contribution in [3.63, 3.8) is 0 Å². The van der Waals surface area contributed by atoms with Crippen LogP contribution in [0.5, 0.6) is 0 Å². The quantitative estimate of drug-likeness (QED) is 0.830. The predicted octanol–water partition coefficient (Wildman–Crippen LogP) is 2.46. The number of Topliss-reactive ketones (excluding diaryl/α,β-unsaturated/α-hetero) is 1. The zero-order valence-corrected chi connectivity index (χ0v) is 12.2. The molecule has 0 aliphatic heterocycles. The standard InChI is InChI=1S/C18H17NO3/c1-13(17(20)10-11-19)14-6-5-9-16(12-14)18(21,22)15-7-3-2-4-8-15/h2-9,12-13,21-22H,10H2,1H3. The molecule has 2 aromatic rings. The fourth-order valence-electron chi connectivity index (χ4n) is 2.28. The van der Waals surface area contributed by atoms with Crippen molar-refractivity contribution in [2.24, 2.45) is 0 Å². The van der Waals surface area contributed by atoms with Crippen molar-refractivity contribution in [3.8, 4) is 6.07 Å². The summed E-state index contributed by atoms with van der Waals surface area (Å²) in [7, 11) is 0. The number of nitrogens with zero attached hydrogens (tertiary/aromatic N) is 1. The van der Waals surface area contributed by atoms with Crippen molar-refractivity contribution in [2.75, 3.05) is 0 Å². The van der Waals surface area contributed by atoms with Crippen molar-refractivity contribution in [1.29, 1.82) is 5.26 Å². The van der Waals surface area contributed by atoms with Gasteiger partial charge in [-0.1, -0.05) is 55.5 Å². The van der Waals surface area contributed by atoms with Gasteiger partial charge in [0.25, 0.3) is 0 Å². The third kappa shape index (κ3) is 3.22. The molecule has 0 heterocycles. The molecule has 22 heavy (non-hydrogen) atoms. The lowest BCUT2D eigenvalue weighted by atomic mass is 9.90. The largest absolute Gasteiger partial charge is 0.358 e. The molecule has 4 heteroatoms. The normalized spacial score (nSPS) is 12.5. The average molecular weight is 295 g/mol. The molecule has 0 aromatic heterocycles. The van der Waals surface area contributed by atoms with Gasteiger partial charge in [0.15, 0.2) is 5.78 Å². The Morgan fingerprint density at radius 2 is 1.77 bits per heavy atom. The molecule has 0 radical (unpaired) electrons. The summed E-state index contributed by atoms with van der Waals surface area (Å²) in [6.07, 6.45) is -0.159. The van der Waals surface area contributed by atoms with Crippen LogP contribution in [-0.2, 0) is 10.6 Å². The van der Waals surface area contributed by atoms with Gasteiger partial charge in [-0.25, -0.2) is 0 Å². The van der Waals surface area contributed by atoms with Crippen LogP contribution in [0.1, 0.15) is 36.0 Å². The summed E-state index contributed by atoms with van der Waals surface area (Å²) in [6, 6.07) is 16.9. The van der Waals surface area contributed by atoms with Crippen molar-refractivity contribution in [2.45, 2.75) is 25.0 Å². The number of rotatable bonds is 5. The molecule has 0 bridgehead atoms. The molecule has 0 spiro atoms. The molecule has 112 valence electrons. The van der Waals surface area contributed by atoms with E-state index < -0.39 is 11.7 Å². The smallest absolute Gasteiger partial charge is 0.217 e. The van der Waals surface area contributed by atoms with E-state index in [1.165, 1.54) is 0 Å². The summed E-state index contributed by atoms with van der Waals surface area (Å²) < 4.78 is 0. The summed E-state index contributed by atoms with van der Waals surface area (Å²) in [6.45, 7) is 1.71. The molecular weight excluding hydrogens is 278 g/mol. The molecule has 2 rings (SSSR count). The third-order valence-corrected chi connectivity index (χ3v) is 3.70. The van der Waals surface area contributed by atoms with Crippen LogP contribution in [0.3, 0.4) is 0 Å². The van der Waals surface area contributed by atoms with Crippen LogP contribution in [0.15, 0.2) is 54.6 Å². The van der Waals surface area contributed by atoms with Gasteiger partial charge in [0.1, 0.15) is 0 Å². The zero-order valence-electron chi connectivity index (χ0n) is 12.2. The maximum Gasteiger partial charge on any atom is 0.217 e. The van der Waals surface area contributed by atoms with Gasteiger partial charge in [-0.05, 0) is 11.6 Å². The number of hydrogen-bond acceptors (Lipinski definition) is 4. The second-order valence-corrected chi connectivity index (χ2v) is 5.19. The summed E-state index contributed by atoms with van der Waals surface area (Å²) >= 11 is 0. The van der Waals surface area contributed by atoms with Gasteiger partial charge in [0.2, 0.25) is 5.79 Å². The third-order valence-electron chi connectivity index (χ3n) is 3.70. The van der Waals surface area contributed by atoms with Gasteiger partial charge in [-0.15, -0.1) is 0 Å². The molecule has 0 amide bonds. The van der Waals surface area contributed by atoms with E-state index in [2.05, 4.69) is 0 Å². The van der Waals surface area contributed by atoms with Crippen LogP contribution in [-0.4, -0.2) is 16.0 Å². The number of hydrogen-bond donors (Lipinski definition) is 2. The first-order chi connectivity index (χ1) is 10.5. The SMILES string of the molecule is CC(C(=O)CC#N)c1cccc(C(O)(O)c2ccccc2)c1. The van der Waals surface area contributed by atoms with Crippen molar-refractivity contribution in [1.82, 2.24) is 0 Å². The highest BCUT2D eigenvalue weighted by molar-refractivity contribution is 5.87. The number of carbonyl (C=O) groups is 1. The lowest BCUT2D eigenvalue weighted by Crippen LogP contribution is -2.26. The first kappa shape index (κ1) is 15.9. The molecule has 0 aliphatic carbocycles. The Hall–Kier alpha value is -2.48. The second-order valence-electron chi connectivity index (χ2n) is 5.19. The first-order valence-corrected chi connectivity index (χ1v) is 6.97. The molecule has 1 atom stereocenters. The number of ketones is 1. The van der Waals surface area contributed by atoms with E-state index in [4.69, 9.17) is 5.26 Å². The monoisotopic (exact) mass is 295 g/mol. The minimum Gasteiger partial charge on any atom is -0.358 e. The van der Waals surface area contributed by atoms with E-state index in [1.54, 1.807) is 61.5 Å². The summed E-state index contributed by atoms with van der Waals surface area (Å²) in [5.41, 5.74) is 1.29. The van der Waals surface area contributed by atoms with Crippen LogP contribution < -0.4 is 0 Å². The number of nitriles is 1. The van der Waals surface area contributed by atoms with E-state index >= 15 is 0 Å². The zero-order chi connectivity index (χ0) is 16.2. The molecule has 0 saturated heterocycles. The Kier molecular flexibility index (Phi) is 4.71. The minimum atomic E-state index is -2.13. The van der Waals surface area contributed by atoms with Crippen molar-refractivity contribution in [3.05, 3.63) is 71.3 Å². The molecule has 0 aliphatic rings. The molecule has 0 fully saturated rings. The van der Waals surface area contributed by atoms with E-state index in [0.29, 0.717) is 11.1 Å². The maximum absolute atomic E-state index is 11.8. The van der Waals surface area contributed by atoms with Gasteiger partial charge in [-0.2, -0.15) is 5.26 Å². The highest BCUT2D eigenvalue weighted by Crippen LogP contribution is 2.29. The highest BCUT2D eigenvalue weighted by Gasteiger charge is 2.29. The summed E-state index contributed by atoms with van der Waals surface area (Å²) in [5, 5.41) is 29.5. The van der Waals surface area contributed by atoms with Crippen LogP contribution in [0.4, 0.5) is 0 Å². The van der Waals surface area contributed by atoms with Gasteiger partial charge >= 0.3 is 0 Å². The van der Waals surface area contributed by atoms with E-state index in [-0.39, 0.29) is 17.8 Å². The van der Waals surface area contributed by atoms with Crippen LogP contribution in [0.25, 0.3) is 0 Å². The molecule has 4 nitrogen and oxygen atoms in total. The van der Waals surface area contributed by atoms with Gasteiger partial charge < -0.3 is 10.2 Å². The topological polar surface area (TPSA) is 81.3 Å². The number of carbonyl (C=O) groups excluding carboxylic acids is 1. The maximum atomic E-state index is 11.8. The Balaban J connectivity index is 2.36. The second kappa shape index (κ2) is 6.52. The first-order valence-electron chi connectivity index (χ1n) is 6.97. The Morgan fingerprint density at radius 3 is 2.41 bits per heavy atom. The van der Waals surface area contributed by atoms with Crippen molar-refractivity contribution < 1.29 is 15.0 Å². The van der Waals surface area contributed by atoms with Gasteiger partial charge in [0.05, 0.1) is 12.5 Å². The Labute approximate surface area is 129 Å². The van der Waals surface area contributed by atoms with Crippen LogP contribution in [0.2, 0.25) is 0 Å². The van der Waals surface area contributed by atoms with E-state index in [1.807, 2.05) is 6.07 Å². The fourth-order valence-corrected chi connectivity index (χ4v) is 2.28. The molecule has 0 saturated carbocycles. The summed E-state index contributed by atoms with van der Waals surface area (Å²) in [4.78, 5) is 11.8. The molecule has 2 aromatic carbocycles. The lowest BCUT2D eigenvalue weighted by Gasteiger charge is -2.24. The molecule has 1 unspecified atom stereocenters. The fraction of sp³-hybridized carbons (Fsp3) is 0.222. The van der Waals surface area contributed by atoms with E-state index in [0.717, 1.165) is 0 Å². The number of benzene rings is 2. The Morgan fingerprint density at radius 1 is 1.14 bits per heavy atom. The highest BCUT2D eigenvalue weighted by atomic mass is 16.5. The van der Waals surface area contributed by atoms with Crippen LogP contribution >= 0.6 is 0 Å².